The third kappa shape index (κ3) is 1.36. The lowest BCUT2D eigenvalue weighted by molar-refractivity contribution is 0.245. The van der Waals surface area contributed by atoms with Crippen molar-refractivity contribution in [1.29, 1.82) is 0 Å². The Morgan fingerprint density at radius 3 is 2.62 bits per heavy atom. The van der Waals surface area contributed by atoms with Gasteiger partial charge in [0.15, 0.2) is 0 Å². The molecule has 70 valence electrons. The number of para-hydroxylation sites is 1. The Hall–Kier alpha value is -0.540. The van der Waals surface area contributed by atoms with E-state index in [1.807, 2.05) is 18.2 Å². The second-order valence-electron chi connectivity index (χ2n) is 3.65. The molecule has 0 heterocycles. The van der Waals surface area contributed by atoms with Gasteiger partial charge in [-0.25, -0.2) is 0 Å². The summed E-state index contributed by atoms with van der Waals surface area (Å²) in [5.41, 5.74) is 6.70. The van der Waals surface area contributed by atoms with Crippen LogP contribution >= 0.6 is 15.9 Å². The van der Waals surface area contributed by atoms with E-state index >= 15 is 0 Å². The molecule has 0 saturated heterocycles. The highest BCUT2D eigenvalue weighted by molar-refractivity contribution is 9.10. The Morgan fingerprint density at radius 1 is 1.38 bits per heavy atom. The van der Waals surface area contributed by atoms with Gasteiger partial charge in [0, 0.05) is 11.1 Å². The summed E-state index contributed by atoms with van der Waals surface area (Å²) in [6.45, 7) is 0. The van der Waals surface area contributed by atoms with Gasteiger partial charge in [0.2, 0.25) is 0 Å². The molecule has 3 heteroatoms. The Morgan fingerprint density at radius 2 is 2.08 bits per heavy atom. The maximum Gasteiger partial charge on any atom is 0.134 e. The molecule has 13 heavy (non-hydrogen) atoms. The first-order valence-corrected chi connectivity index (χ1v) is 5.20. The van der Waals surface area contributed by atoms with Crippen LogP contribution in [0.3, 0.4) is 0 Å². The SMILES string of the molecule is NC1(c2cccc(Br)c2O)CCC1. The van der Waals surface area contributed by atoms with Crippen LogP contribution in [0.5, 0.6) is 5.75 Å². The zero-order chi connectivity index (χ0) is 9.47. The average molecular weight is 242 g/mol. The Labute approximate surface area is 85.9 Å². The zero-order valence-electron chi connectivity index (χ0n) is 7.26. The topological polar surface area (TPSA) is 46.2 Å². The standard InChI is InChI=1S/C10H12BrNO/c11-8-4-1-3-7(9(8)13)10(12)5-2-6-10/h1,3-4,13H,2,5-6,12H2. The van der Waals surface area contributed by atoms with Crippen molar-refractivity contribution >= 4 is 15.9 Å². The molecule has 0 amide bonds. The second kappa shape index (κ2) is 3.00. The van der Waals surface area contributed by atoms with E-state index in [-0.39, 0.29) is 5.54 Å². The zero-order valence-corrected chi connectivity index (χ0v) is 8.84. The fourth-order valence-corrected chi connectivity index (χ4v) is 2.11. The number of phenols is 1. The fraction of sp³-hybridized carbons (Fsp3) is 0.400. The largest absolute Gasteiger partial charge is 0.506 e. The highest BCUT2D eigenvalue weighted by Crippen LogP contribution is 2.44. The summed E-state index contributed by atoms with van der Waals surface area (Å²) >= 11 is 3.29. The third-order valence-electron chi connectivity index (χ3n) is 2.77. The van der Waals surface area contributed by atoms with Crippen LogP contribution in [-0.2, 0) is 5.54 Å². The number of hydrogen-bond acceptors (Lipinski definition) is 2. The molecular formula is C10H12BrNO. The van der Waals surface area contributed by atoms with Crippen LogP contribution in [-0.4, -0.2) is 5.11 Å². The lowest BCUT2D eigenvalue weighted by Gasteiger charge is -2.39. The first kappa shape index (κ1) is 9.03. The average Bonchev–Trinajstić information content (AvgIpc) is 2.06. The molecule has 0 aliphatic heterocycles. The molecule has 1 saturated carbocycles. The van der Waals surface area contributed by atoms with Crippen LogP contribution in [0.25, 0.3) is 0 Å². The van der Waals surface area contributed by atoms with Crippen molar-refractivity contribution in [1.82, 2.24) is 0 Å². The van der Waals surface area contributed by atoms with Gasteiger partial charge in [-0.1, -0.05) is 12.1 Å². The van der Waals surface area contributed by atoms with E-state index in [1.165, 1.54) is 0 Å². The number of rotatable bonds is 1. The summed E-state index contributed by atoms with van der Waals surface area (Å²) in [5.74, 6) is 0.296. The van der Waals surface area contributed by atoms with Gasteiger partial charge in [-0.2, -0.15) is 0 Å². The van der Waals surface area contributed by atoms with Crippen molar-refractivity contribution in [3.63, 3.8) is 0 Å². The molecule has 2 nitrogen and oxygen atoms in total. The Kier molecular flexibility index (Phi) is 2.08. The molecule has 0 spiro atoms. The second-order valence-corrected chi connectivity index (χ2v) is 4.50. The summed E-state index contributed by atoms with van der Waals surface area (Å²) in [6, 6.07) is 5.63. The molecule has 0 bridgehead atoms. The van der Waals surface area contributed by atoms with E-state index in [2.05, 4.69) is 15.9 Å². The van der Waals surface area contributed by atoms with Crippen molar-refractivity contribution in [2.24, 2.45) is 5.73 Å². The lowest BCUT2D eigenvalue weighted by atomic mass is 9.72. The van der Waals surface area contributed by atoms with Crippen molar-refractivity contribution in [3.8, 4) is 5.75 Å². The van der Waals surface area contributed by atoms with Gasteiger partial charge in [-0.3, -0.25) is 0 Å². The first-order chi connectivity index (χ1) is 6.13. The molecule has 3 N–H and O–H groups in total. The molecule has 0 atom stereocenters. The van der Waals surface area contributed by atoms with Crippen LogP contribution < -0.4 is 5.73 Å². The summed E-state index contributed by atoms with van der Waals surface area (Å²) in [4.78, 5) is 0. The molecule has 0 radical (unpaired) electrons. The van der Waals surface area contributed by atoms with E-state index in [4.69, 9.17) is 5.73 Å². The molecule has 2 rings (SSSR count). The van der Waals surface area contributed by atoms with Crippen LogP contribution in [0.1, 0.15) is 24.8 Å². The van der Waals surface area contributed by atoms with Gasteiger partial charge in [0.1, 0.15) is 5.75 Å². The highest BCUT2D eigenvalue weighted by atomic mass is 79.9. The van der Waals surface area contributed by atoms with E-state index in [0.717, 1.165) is 29.3 Å². The summed E-state index contributed by atoms with van der Waals surface area (Å²) < 4.78 is 0.724. The van der Waals surface area contributed by atoms with Crippen LogP contribution in [0, 0.1) is 0 Å². The van der Waals surface area contributed by atoms with Gasteiger partial charge in [-0.05, 0) is 41.3 Å². The van der Waals surface area contributed by atoms with Gasteiger partial charge in [0.05, 0.1) is 4.47 Å². The summed E-state index contributed by atoms with van der Waals surface area (Å²) in [7, 11) is 0. The number of nitrogens with two attached hydrogens (primary N) is 1. The minimum Gasteiger partial charge on any atom is -0.506 e. The molecule has 1 aliphatic carbocycles. The van der Waals surface area contributed by atoms with Gasteiger partial charge in [-0.15, -0.1) is 0 Å². The monoisotopic (exact) mass is 241 g/mol. The normalized spacial score (nSPS) is 19.5. The maximum atomic E-state index is 9.77. The van der Waals surface area contributed by atoms with Gasteiger partial charge >= 0.3 is 0 Å². The van der Waals surface area contributed by atoms with E-state index in [0.29, 0.717) is 5.75 Å². The molecule has 1 aliphatic rings. The van der Waals surface area contributed by atoms with Crippen LogP contribution in [0.2, 0.25) is 0 Å². The van der Waals surface area contributed by atoms with Crippen LogP contribution in [0.4, 0.5) is 0 Å². The smallest absolute Gasteiger partial charge is 0.134 e. The molecule has 1 fully saturated rings. The number of halogens is 1. The maximum absolute atomic E-state index is 9.77. The molecular weight excluding hydrogens is 230 g/mol. The van der Waals surface area contributed by atoms with Crippen molar-refractivity contribution in [2.75, 3.05) is 0 Å². The van der Waals surface area contributed by atoms with E-state index in [9.17, 15) is 5.11 Å². The number of hydrogen-bond donors (Lipinski definition) is 2. The summed E-state index contributed by atoms with van der Waals surface area (Å²) in [5, 5.41) is 9.77. The molecule has 0 unspecified atom stereocenters. The fourth-order valence-electron chi connectivity index (χ4n) is 1.74. The Bertz CT molecular complexity index is 334. The van der Waals surface area contributed by atoms with Crippen molar-refractivity contribution in [3.05, 3.63) is 28.2 Å². The van der Waals surface area contributed by atoms with E-state index in [1.54, 1.807) is 0 Å². The first-order valence-electron chi connectivity index (χ1n) is 4.40. The minimum absolute atomic E-state index is 0.284. The van der Waals surface area contributed by atoms with Crippen molar-refractivity contribution < 1.29 is 5.11 Å². The Balaban J connectivity index is 2.45. The highest BCUT2D eigenvalue weighted by Gasteiger charge is 2.36. The number of phenolic OH excluding ortho intramolecular Hbond substituents is 1. The van der Waals surface area contributed by atoms with Crippen LogP contribution in [0.15, 0.2) is 22.7 Å². The minimum atomic E-state index is -0.284. The quantitative estimate of drug-likeness (QED) is 0.794. The summed E-state index contributed by atoms with van der Waals surface area (Å²) in [6.07, 6.45) is 3.09. The van der Waals surface area contributed by atoms with Gasteiger partial charge < -0.3 is 10.8 Å². The lowest BCUT2D eigenvalue weighted by Crippen LogP contribution is -2.43. The predicted octanol–water partition coefficient (Wildman–Crippen LogP) is 2.49. The molecule has 0 aromatic heterocycles. The number of aromatic hydroxyl groups is 1. The molecule has 1 aromatic rings. The molecule has 1 aromatic carbocycles. The predicted molar refractivity (Wildman–Crippen MR) is 55.5 cm³/mol. The van der Waals surface area contributed by atoms with Crippen molar-refractivity contribution in [2.45, 2.75) is 24.8 Å². The van der Waals surface area contributed by atoms with Gasteiger partial charge in [0.25, 0.3) is 0 Å². The third-order valence-corrected chi connectivity index (χ3v) is 3.41. The number of benzene rings is 1. The van der Waals surface area contributed by atoms with E-state index < -0.39 is 0 Å².